The highest BCUT2D eigenvalue weighted by atomic mass is 35.5. The average molecular weight is 423 g/mol. The van der Waals surface area contributed by atoms with E-state index >= 15 is 0 Å². The zero-order chi connectivity index (χ0) is 21.7. The Morgan fingerprint density at radius 1 is 1.27 bits per heavy atom. The number of nitrogens with zero attached hydrogens (tertiary/aromatic N) is 5. The van der Waals surface area contributed by atoms with Crippen LogP contribution in [0, 0.1) is 17.2 Å². The standard InChI is InChI=1S/C22H23ClN6O/c1-4-15(10-24)9-20(30)16-5-7-17(8-6-16)21-19(23)12-25-22(28-21)27-18-11-26-29(13-18)14(2)3/h5-8,11-15H,4,9H2,1-3H3,(H,25,27,28)/t15-/m1/s1. The number of nitriles is 1. The predicted molar refractivity (Wildman–Crippen MR) is 117 cm³/mol. The van der Waals surface area contributed by atoms with Gasteiger partial charge in [0.1, 0.15) is 0 Å². The van der Waals surface area contributed by atoms with E-state index in [1.54, 1.807) is 30.5 Å². The Kier molecular flexibility index (Phi) is 6.80. The van der Waals surface area contributed by atoms with Crippen molar-refractivity contribution in [2.75, 3.05) is 5.32 Å². The molecule has 0 saturated heterocycles. The summed E-state index contributed by atoms with van der Waals surface area (Å²) in [5.41, 5.74) is 2.68. The second-order valence-corrected chi connectivity index (χ2v) is 7.66. The van der Waals surface area contributed by atoms with E-state index in [0.717, 1.165) is 11.3 Å². The Morgan fingerprint density at radius 2 is 2.00 bits per heavy atom. The Bertz CT molecular complexity index is 1070. The maximum Gasteiger partial charge on any atom is 0.227 e. The molecule has 0 saturated carbocycles. The molecule has 0 bridgehead atoms. The molecule has 0 amide bonds. The van der Waals surface area contributed by atoms with Gasteiger partial charge >= 0.3 is 0 Å². The smallest absolute Gasteiger partial charge is 0.227 e. The minimum absolute atomic E-state index is 0.0479. The number of carbonyl (C=O) groups excluding carboxylic acids is 1. The van der Waals surface area contributed by atoms with Crippen molar-refractivity contribution in [2.24, 2.45) is 5.92 Å². The summed E-state index contributed by atoms with van der Waals surface area (Å²) in [6.07, 6.45) is 6.01. The molecule has 30 heavy (non-hydrogen) atoms. The van der Waals surface area contributed by atoms with E-state index in [4.69, 9.17) is 16.9 Å². The van der Waals surface area contributed by atoms with Crippen LogP contribution < -0.4 is 5.32 Å². The molecule has 0 fully saturated rings. The van der Waals surface area contributed by atoms with Crippen molar-refractivity contribution in [1.29, 1.82) is 5.26 Å². The molecule has 8 heteroatoms. The van der Waals surface area contributed by atoms with Gasteiger partial charge in [-0.3, -0.25) is 9.48 Å². The molecule has 0 spiro atoms. The molecule has 154 valence electrons. The monoisotopic (exact) mass is 422 g/mol. The van der Waals surface area contributed by atoms with Crippen molar-refractivity contribution in [2.45, 2.75) is 39.7 Å². The fraction of sp³-hybridized carbons (Fsp3) is 0.318. The first-order chi connectivity index (χ1) is 14.4. The van der Waals surface area contributed by atoms with Gasteiger partial charge < -0.3 is 5.32 Å². The summed E-state index contributed by atoms with van der Waals surface area (Å²) < 4.78 is 1.84. The third-order valence-corrected chi connectivity index (χ3v) is 4.99. The summed E-state index contributed by atoms with van der Waals surface area (Å²) in [5.74, 6) is 0.0908. The summed E-state index contributed by atoms with van der Waals surface area (Å²) in [6, 6.07) is 9.49. The second kappa shape index (κ2) is 9.51. The number of halogens is 1. The minimum Gasteiger partial charge on any atom is -0.321 e. The van der Waals surface area contributed by atoms with Gasteiger partial charge in [-0.25, -0.2) is 9.97 Å². The Hall–Kier alpha value is -3.24. The Balaban J connectivity index is 1.79. The molecule has 7 nitrogen and oxygen atoms in total. The van der Waals surface area contributed by atoms with E-state index in [9.17, 15) is 4.79 Å². The number of hydrogen-bond acceptors (Lipinski definition) is 6. The topological polar surface area (TPSA) is 96.5 Å². The molecule has 1 atom stereocenters. The molecule has 1 aromatic carbocycles. The van der Waals surface area contributed by atoms with Crippen LogP contribution >= 0.6 is 11.6 Å². The van der Waals surface area contributed by atoms with Crippen molar-refractivity contribution in [3.05, 3.63) is 53.4 Å². The molecule has 0 aliphatic carbocycles. The predicted octanol–water partition coefficient (Wildman–Crippen LogP) is 5.44. The van der Waals surface area contributed by atoms with E-state index in [0.29, 0.717) is 28.6 Å². The lowest BCUT2D eigenvalue weighted by Crippen LogP contribution is -2.06. The summed E-state index contributed by atoms with van der Waals surface area (Å²) in [4.78, 5) is 21.1. The number of aromatic nitrogens is 4. The van der Waals surface area contributed by atoms with E-state index in [-0.39, 0.29) is 24.2 Å². The van der Waals surface area contributed by atoms with Crippen LogP contribution in [0.25, 0.3) is 11.3 Å². The highest BCUT2D eigenvalue weighted by Gasteiger charge is 2.14. The van der Waals surface area contributed by atoms with Crippen molar-refractivity contribution < 1.29 is 4.79 Å². The van der Waals surface area contributed by atoms with E-state index in [2.05, 4.69) is 26.5 Å². The number of nitrogens with one attached hydrogen (secondary N) is 1. The highest BCUT2D eigenvalue weighted by molar-refractivity contribution is 6.32. The largest absolute Gasteiger partial charge is 0.321 e. The third kappa shape index (κ3) is 5.02. The Labute approximate surface area is 180 Å². The van der Waals surface area contributed by atoms with Gasteiger partial charge in [0, 0.05) is 29.8 Å². The molecule has 1 N–H and O–H groups in total. The van der Waals surface area contributed by atoms with Crippen molar-refractivity contribution in [3.63, 3.8) is 0 Å². The first-order valence-electron chi connectivity index (χ1n) is 9.78. The lowest BCUT2D eigenvalue weighted by molar-refractivity contribution is 0.0969. The number of hydrogen-bond donors (Lipinski definition) is 1. The number of ketones is 1. The number of carbonyl (C=O) groups is 1. The van der Waals surface area contributed by atoms with E-state index in [1.165, 1.54) is 6.20 Å². The molecule has 2 heterocycles. The number of benzene rings is 1. The van der Waals surface area contributed by atoms with Gasteiger partial charge in [0.05, 0.1) is 40.8 Å². The van der Waals surface area contributed by atoms with Gasteiger partial charge in [-0.1, -0.05) is 42.8 Å². The molecular formula is C22H23ClN6O. The number of rotatable bonds is 8. The lowest BCUT2D eigenvalue weighted by Gasteiger charge is -2.09. The van der Waals surface area contributed by atoms with Gasteiger partial charge in [-0.2, -0.15) is 10.4 Å². The van der Waals surface area contributed by atoms with Gasteiger partial charge in [-0.05, 0) is 20.3 Å². The summed E-state index contributed by atoms with van der Waals surface area (Å²) >= 11 is 6.32. The van der Waals surface area contributed by atoms with Crippen molar-refractivity contribution in [1.82, 2.24) is 19.7 Å². The second-order valence-electron chi connectivity index (χ2n) is 7.26. The van der Waals surface area contributed by atoms with Crippen LogP contribution in [-0.2, 0) is 0 Å². The Morgan fingerprint density at radius 3 is 2.60 bits per heavy atom. The van der Waals surface area contributed by atoms with Crippen molar-refractivity contribution >= 4 is 29.0 Å². The van der Waals surface area contributed by atoms with Crippen LogP contribution in [0.5, 0.6) is 0 Å². The van der Waals surface area contributed by atoms with Gasteiger partial charge in [-0.15, -0.1) is 0 Å². The molecule has 3 aromatic rings. The normalized spacial score (nSPS) is 11.9. The maximum atomic E-state index is 12.4. The molecule has 0 unspecified atom stereocenters. The minimum atomic E-state index is -0.262. The fourth-order valence-corrected chi connectivity index (χ4v) is 3.08. The van der Waals surface area contributed by atoms with Crippen LogP contribution in [0.3, 0.4) is 0 Å². The zero-order valence-corrected chi connectivity index (χ0v) is 17.9. The van der Waals surface area contributed by atoms with E-state index < -0.39 is 0 Å². The molecule has 0 radical (unpaired) electrons. The molecule has 0 aliphatic heterocycles. The first kappa shape index (κ1) is 21.5. The first-order valence-corrected chi connectivity index (χ1v) is 10.2. The zero-order valence-electron chi connectivity index (χ0n) is 17.1. The van der Waals surface area contributed by atoms with Crippen molar-refractivity contribution in [3.8, 4) is 17.3 Å². The fourth-order valence-electron chi connectivity index (χ4n) is 2.88. The number of anilines is 2. The molecule has 0 aliphatic rings. The highest BCUT2D eigenvalue weighted by Crippen LogP contribution is 2.28. The molecule has 3 rings (SSSR count). The lowest BCUT2D eigenvalue weighted by atomic mass is 9.96. The van der Waals surface area contributed by atoms with Crippen LogP contribution in [0.2, 0.25) is 5.02 Å². The average Bonchev–Trinajstić information content (AvgIpc) is 3.22. The summed E-state index contributed by atoms with van der Waals surface area (Å²) in [5, 5.41) is 16.9. The van der Waals surface area contributed by atoms with Crippen LogP contribution in [0.15, 0.2) is 42.9 Å². The van der Waals surface area contributed by atoms with Gasteiger partial charge in [0.25, 0.3) is 0 Å². The van der Waals surface area contributed by atoms with Crippen LogP contribution in [0.1, 0.15) is 50.0 Å². The SMILES string of the molecule is CC[C@@H](C#N)CC(=O)c1ccc(-c2nc(Nc3cnn(C(C)C)c3)ncc2Cl)cc1. The van der Waals surface area contributed by atoms with E-state index in [1.807, 2.05) is 31.6 Å². The quantitative estimate of drug-likeness (QED) is 0.485. The van der Waals surface area contributed by atoms with Crippen LogP contribution in [0.4, 0.5) is 11.6 Å². The summed E-state index contributed by atoms with van der Waals surface area (Å²) in [7, 11) is 0. The van der Waals surface area contributed by atoms with Crippen LogP contribution in [-0.4, -0.2) is 25.5 Å². The molecular weight excluding hydrogens is 400 g/mol. The number of Topliss-reactive ketones (excluding diaryl/α,β-unsaturated/α-hetero) is 1. The van der Waals surface area contributed by atoms with Gasteiger partial charge in [0.15, 0.2) is 5.78 Å². The maximum absolute atomic E-state index is 12.4. The van der Waals surface area contributed by atoms with Gasteiger partial charge in [0.2, 0.25) is 5.95 Å². The molecule has 2 aromatic heterocycles. The summed E-state index contributed by atoms with van der Waals surface area (Å²) in [6.45, 7) is 6.00. The third-order valence-electron chi connectivity index (χ3n) is 4.72.